The molecule has 0 aliphatic rings. The molecular formula is C49H29N3O. The van der Waals surface area contributed by atoms with Crippen LogP contribution in [0.3, 0.4) is 0 Å². The fourth-order valence-corrected chi connectivity index (χ4v) is 8.12. The molecule has 2 heterocycles. The third-order valence-corrected chi connectivity index (χ3v) is 10.5. The summed E-state index contributed by atoms with van der Waals surface area (Å²) in [5.74, 6) is 1.91. The van der Waals surface area contributed by atoms with Crippen LogP contribution in [0.2, 0.25) is 0 Å². The molecule has 0 spiro atoms. The average molecular weight is 676 g/mol. The van der Waals surface area contributed by atoms with Crippen molar-refractivity contribution in [2.45, 2.75) is 0 Å². The Morgan fingerprint density at radius 1 is 0.302 bits per heavy atom. The molecule has 0 bridgehead atoms. The standard InChI is InChI=1S/C49H29N3O/c1-2-14-31(15-3-1)47-50-48(52-49(51-47)43-29-42-32-16-5-4-13-30(32)27-28-38(42)33-17-6-7-18-37(33)43)40-24-11-20-34-35(21-10-22-36(34)40)39-23-12-26-45-46(39)41-19-8-9-25-44(41)53-45/h1-29H. The second-order valence-electron chi connectivity index (χ2n) is 13.5. The van der Waals surface area contributed by atoms with Crippen LogP contribution in [0.4, 0.5) is 0 Å². The van der Waals surface area contributed by atoms with Gasteiger partial charge in [-0.1, -0.05) is 158 Å². The van der Waals surface area contributed by atoms with Gasteiger partial charge in [-0.05, 0) is 72.4 Å². The first-order valence-corrected chi connectivity index (χ1v) is 17.9. The first-order chi connectivity index (χ1) is 26.3. The van der Waals surface area contributed by atoms with E-state index >= 15 is 0 Å². The SMILES string of the molecule is c1ccc(-c2nc(-c3cccc4c(-c5cccc6oc7ccccc7c56)cccc34)nc(-c3cc4c5ccccc5ccc4c4ccccc34)n2)cc1. The lowest BCUT2D eigenvalue weighted by Gasteiger charge is -2.15. The van der Waals surface area contributed by atoms with E-state index in [1.54, 1.807) is 0 Å². The molecule has 0 N–H and O–H groups in total. The highest BCUT2D eigenvalue weighted by Gasteiger charge is 2.19. The summed E-state index contributed by atoms with van der Waals surface area (Å²) in [4.78, 5) is 15.7. The number of benzene rings is 9. The summed E-state index contributed by atoms with van der Waals surface area (Å²) in [5.41, 5.74) is 6.89. The van der Waals surface area contributed by atoms with Crippen LogP contribution in [0.1, 0.15) is 0 Å². The van der Waals surface area contributed by atoms with Gasteiger partial charge in [0, 0.05) is 27.5 Å². The van der Waals surface area contributed by atoms with Crippen molar-refractivity contribution >= 4 is 65.0 Å². The minimum absolute atomic E-state index is 0.630. The Morgan fingerprint density at radius 3 is 1.70 bits per heavy atom. The smallest absolute Gasteiger partial charge is 0.164 e. The minimum Gasteiger partial charge on any atom is -0.456 e. The molecule has 0 radical (unpaired) electrons. The van der Waals surface area contributed by atoms with Gasteiger partial charge < -0.3 is 4.42 Å². The van der Waals surface area contributed by atoms with Crippen molar-refractivity contribution in [3.63, 3.8) is 0 Å². The van der Waals surface area contributed by atoms with Gasteiger partial charge >= 0.3 is 0 Å². The van der Waals surface area contributed by atoms with E-state index in [0.29, 0.717) is 17.5 Å². The number of furan rings is 1. The van der Waals surface area contributed by atoms with Crippen molar-refractivity contribution in [3.05, 3.63) is 176 Å². The second kappa shape index (κ2) is 11.7. The summed E-state index contributed by atoms with van der Waals surface area (Å²) in [7, 11) is 0. The van der Waals surface area contributed by atoms with Gasteiger partial charge in [0.2, 0.25) is 0 Å². The summed E-state index contributed by atoms with van der Waals surface area (Å²) in [5, 5.41) is 11.5. The maximum Gasteiger partial charge on any atom is 0.164 e. The topological polar surface area (TPSA) is 51.8 Å². The molecule has 4 heteroatoms. The van der Waals surface area contributed by atoms with E-state index in [9.17, 15) is 0 Å². The van der Waals surface area contributed by atoms with E-state index in [2.05, 4.69) is 140 Å². The highest BCUT2D eigenvalue weighted by atomic mass is 16.3. The zero-order valence-corrected chi connectivity index (χ0v) is 28.5. The molecular weight excluding hydrogens is 647 g/mol. The van der Waals surface area contributed by atoms with E-state index in [0.717, 1.165) is 65.9 Å². The monoisotopic (exact) mass is 675 g/mol. The Balaban J connectivity index is 1.18. The molecule has 0 atom stereocenters. The van der Waals surface area contributed by atoms with Crippen LogP contribution in [0, 0.1) is 0 Å². The number of hydrogen-bond acceptors (Lipinski definition) is 4. The first-order valence-electron chi connectivity index (χ1n) is 17.9. The molecule has 0 amide bonds. The Morgan fingerprint density at radius 2 is 0.849 bits per heavy atom. The third-order valence-electron chi connectivity index (χ3n) is 10.5. The van der Waals surface area contributed by atoms with Crippen LogP contribution >= 0.6 is 0 Å². The number of para-hydroxylation sites is 1. The molecule has 0 saturated carbocycles. The largest absolute Gasteiger partial charge is 0.456 e. The lowest BCUT2D eigenvalue weighted by Crippen LogP contribution is -2.01. The Hall–Kier alpha value is -7.17. The van der Waals surface area contributed by atoms with E-state index in [1.165, 1.54) is 26.9 Å². The second-order valence-corrected chi connectivity index (χ2v) is 13.5. The fraction of sp³-hybridized carbons (Fsp3) is 0. The van der Waals surface area contributed by atoms with Crippen LogP contribution in [-0.2, 0) is 0 Å². The molecule has 0 aliphatic heterocycles. The van der Waals surface area contributed by atoms with Crippen molar-refractivity contribution in [2.24, 2.45) is 0 Å². The molecule has 0 fully saturated rings. The normalized spacial score (nSPS) is 11.8. The molecule has 0 unspecified atom stereocenters. The summed E-state index contributed by atoms with van der Waals surface area (Å²) < 4.78 is 6.28. The Bertz CT molecular complexity index is 3240. The zero-order chi connectivity index (χ0) is 34.9. The van der Waals surface area contributed by atoms with Crippen LogP contribution < -0.4 is 0 Å². The predicted molar refractivity (Wildman–Crippen MR) is 219 cm³/mol. The average Bonchev–Trinajstić information content (AvgIpc) is 3.62. The zero-order valence-electron chi connectivity index (χ0n) is 28.5. The van der Waals surface area contributed by atoms with Crippen LogP contribution in [0.15, 0.2) is 180 Å². The lowest BCUT2D eigenvalue weighted by atomic mass is 9.92. The van der Waals surface area contributed by atoms with Gasteiger partial charge in [-0.15, -0.1) is 0 Å². The molecule has 246 valence electrons. The summed E-state index contributed by atoms with van der Waals surface area (Å²) in [6.45, 7) is 0. The minimum atomic E-state index is 0.630. The van der Waals surface area contributed by atoms with Crippen LogP contribution in [-0.4, -0.2) is 15.0 Å². The van der Waals surface area contributed by atoms with Gasteiger partial charge in [0.1, 0.15) is 11.2 Å². The number of nitrogens with zero attached hydrogens (tertiary/aromatic N) is 3. The number of aromatic nitrogens is 3. The van der Waals surface area contributed by atoms with Gasteiger partial charge in [-0.25, -0.2) is 15.0 Å². The highest BCUT2D eigenvalue weighted by molar-refractivity contribution is 6.21. The molecule has 0 saturated heterocycles. The molecule has 0 aliphatic carbocycles. The van der Waals surface area contributed by atoms with Crippen molar-refractivity contribution in [1.29, 1.82) is 0 Å². The van der Waals surface area contributed by atoms with E-state index in [-0.39, 0.29) is 0 Å². The van der Waals surface area contributed by atoms with Crippen molar-refractivity contribution in [2.75, 3.05) is 0 Å². The van der Waals surface area contributed by atoms with Crippen LogP contribution in [0.25, 0.3) is 110 Å². The van der Waals surface area contributed by atoms with Gasteiger partial charge in [-0.3, -0.25) is 0 Å². The molecule has 11 aromatic rings. The van der Waals surface area contributed by atoms with Gasteiger partial charge in [0.05, 0.1) is 0 Å². The van der Waals surface area contributed by atoms with E-state index in [1.807, 2.05) is 36.4 Å². The fourth-order valence-electron chi connectivity index (χ4n) is 8.12. The van der Waals surface area contributed by atoms with Crippen LogP contribution in [0.5, 0.6) is 0 Å². The van der Waals surface area contributed by atoms with Gasteiger partial charge in [0.25, 0.3) is 0 Å². The maximum atomic E-state index is 6.28. The summed E-state index contributed by atoms with van der Waals surface area (Å²) >= 11 is 0. The lowest BCUT2D eigenvalue weighted by molar-refractivity contribution is 0.669. The number of fused-ring (bicyclic) bond motifs is 9. The highest BCUT2D eigenvalue weighted by Crippen LogP contribution is 2.42. The van der Waals surface area contributed by atoms with Gasteiger partial charge in [0.15, 0.2) is 17.5 Å². The summed E-state index contributed by atoms with van der Waals surface area (Å²) in [6.07, 6.45) is 0. The quantitative estimate of drug-likeness (QED) is 0.174. The van der Waals surface area contributed by atoms with Crippen molar-refractivity contribution < 1.29 is 4.42 Å². The number of rotatable bonds is 4. The van der Waals surface area contributed by atoms with E-state index < -0.39 is 0 Å². The molecule has 4 nitrogen and oxygen atoms in total. The molecule has 9 aromatic carbocycles. The van der Waals surface area contributed by atoms with Crippen molar-refractivity contribution in [1.82, 2.24) is 15.0 Å². The van der Waals surface area contributed by atoms with Gasteiger partial charge in [-0.2, -0.15) is 0 Å². The summed E-state index contributed by atoms with van der Waals surface area (Å²) in [6, 6.07) is 61.5. The predicted octanol–water partition coefficient (Wildman–Crippen LogP) is 13.1. The number of hydrogen-bond donors (Lipinski definition) is 0. The molecule has 53 heavy (non-hydrogen) atoms. The Kier molecular flexibility index (Phi) is 6.52. The molecule has 11 rings (SSSR count). The third kappa shape index (κ3) is 4.66. The first kappa shape index (κ1) is 29.5. The Labute approximate surface area is 304 Å². The molecule has 2 aromatic heterocycles. The maximum absolute atomic E-state index is 6.28. The van der Waals surface area contributed by atoms with E-state index in [4.69, 9.17) is 19.4 Å². The van der Waals surface area contributed by atoms with Crippen molar-refractivity contribution in [3.8, 4) is 45.3 Å².